The molecule has 0 aromatic carbocycles. The first-order valence-electron chi connectivity index (χ1n) is 8.73. The zero-order chi connectivity index (χ0) is 15.9. The maximum atomic E-state index is 2.52. The third-order valence-electron chi connectivity index (χ3n) is 5.39. The molecule has 0 radical (unpaired) electrons. The van der Waals surface area contributed by atoms with E-state index in [1.165, 1.54) is 69.7 Å². The largest absolute Gasteiger partial charge is 0.323 e. The highest BCUT2D eigenvalue weighted by Crippen LogP contribution is 2.12. The van der Waals surface area contributed by atoms with Crippen LogP contribution in [0.1, 0.15) is 26.7 Å². The summed E-state index contributed by atoms with van der Waals surface area (Å²) in [5, 5.41) is 0. The van der Waals surface area contributed by atoms with Crippen LogP contribution in [0.3, 0.4) is 0 Å². The molecule has 0 amide bonds. The average molecular weight is 300 g/mol. The smallest absolute Gasteiger partial charge is 0.0915 e. The van der Waals surface area contributed by atoms with Crippen molar-refractivity contribution in [2.45, 2.75) is 32.7 Å². The highest BCUT2D eigenvalue weighted by Gasteiger charge is 2.25. The lowest BCUT2D eigenvalue weighted by molar-refractivity contribution is -0.929. The normalized spacial score (nSPS) is 30.4. The summed E-state index contributed by atoms with van der Waals surface area (Å²) in [5.41, 5.74) is 0. The van der Waals surface area contributed by atoms with Crippen LogP contribution >= 0.6 is 0 Å². The van der Waals surface area contributed by atoms with E-state index in [-0.39, 0.29) is 0 Å². The van der Waals surface area contributed by atoms with Crippen molar-refractivity contribution < 1.29 is 4.48 Å². The Morgan fingerprint density at radius 3 is 1.67 bits per heavy atom. The monoisotopic (exact) mass is 299 g/mol. The molecular weight excluding hydrogens is 260 g/mol. The molecule has 4 nitrogen and oxygen atoms in total. The van der Waals surface area contributed by atoms with Gasteiger partial charge in [0.1, 0.15) is 0 Å². The molecule has 1 rings (SSSR count). The second-order valence-corrected chi connectivity index (χ2v) is 7.64. The summed E-state index contributed by atoms with van der Waals surface area (Å²) in [5.74, 6) is 0. The van der Waals surface area contributed by atoms with Crippen LogP contribution < -0.4 is 0 Å². The first-order chi connectivity index (χ1) is 9.83. The number of quaternary nitrogens is 1. The van der Waals surface area contributed by atoms with Crippen LogP contribution in [0.4, 0.5) is 0 Å². The number of hydrogen-bond donors (Lipinski definition) is 0. The van der Waals surface area contributed by atoms with Crippen LogP contribution in [0.15, 0.2) is 0 Å². The number of hydrogen-bond acceptors (Lipinski definition) is 3. The summed E-state index contributed by atoms with van der Waals surface area (Å²) >= 11 is 0. The van der Waals surface area contributed by atoms with Crippen LogP contribution in [0.25, 0.3) is 0 Å². The van der Waals surface area contributed by atoms with Gasteiger partial charge < -0.3 is 19.2 Å². The molecule has 1 saturated heterocycles. The minimum Gasteiger partial charge on any atom is -0.323 e. The summed E-state index contributed by atoms with van der Waals surface area (Å²) in [6.45, 7) is 14.6. The van der Waals surface area contributed by atoms with Gasteiger partial charge in [-0.1, -0.05) is 0 Å². The highest BCUT2D eigenvalue weighted by atomic mass is 15.4. The van der Waals surface area contributed by atoms with Gasteiger partial charge in [-0.15, -0.1) is 0 Å². The SMILES string of the molecule is CC(C)[N@@+]1(C)CCCN(C)CCN(C)CCCN(C)CC1. The maximum absolute atomic E-state index is 2.52. The molecule has 0 bridgehead atoms. The molecule has 0 N–H and O–H groups in total. The van der Waals surface area contributed by atoms with E-state index < -0.39 is 0 Å². The molecule has 0 aromatic heterocycles. The summed E-state index contributed by atoms with van der Waals surface area (Å²) < 4.78 is 1.21. The summed E-state index contributed by atoms with van der Waals surface area (Å²) in [6, 6.07) is 0.711. The van der Waals surface area contributed by atoms with Crippen molar-refractivity contribution in [1.29, 1.82) is 0 Å². The molecule has 1 aliphatic rings. The lowest BCUT2D eigenvalue weighted by Crippen LogP contribution is -2.54. The molecule has 0 unspecified atom stereocenters. The van der Waals surface area contributed by atoms with E-state index in [1.54, 1.807) is 0 Å². The Labute approximate surface area is 133 Å². The van der Waals surface area contributed by atoms with Crippen molar-refractivity contribution in [3.8, 4) is 0 Å². The number of nitrogens with zero attached hydrogens (tertiary/aromatic N) is 4. The molecule has 126 valence electrons. The van der Waals surface area contributed by atoms with Crippen LogP contribution in [0.5, 0.6) is 0 Å². The maximum Gasteiger partial charge on any atom is 0.0915 e. The molecule has 0 saturated carbocycles. The van der Waals surface area contributed by atoms with Gasteiger partial charge in [-0.05, 0) is 54.5 Å². The Morgan fingerprint density at radius 1 is 0.667 bits per heavy atom. The summed E-state index contributed by atoms with van der Waals surface area (Å²) in [6.07, 6.45) is 2.58. The van der Waals surface area contributed by atoms with E-state index in [9.17, 15) is 0 Å². The fourth-order valence-corrected chi connectivity index (χ4v) is 3.02. The Kier molecular flexibility index (Phi) is 8.17. The second kappa shape index (κ2) is 9.09. The predicted molar refractivity (Wildman–Crippen MR) is 92.8 cm³/mol. The fourth-order valence-electron chi connectivity index (χ4n) is 3.02. The van der Waals surface area contributed by atoms with Crippen LogP contribution in [0.2, 0.25) is 0 Å². The van der Waals surface area contributed by atoms with E-state index in [1.807, 2.05) is 0 Å². The van der Waals surface area contributed by atoms with Crippen molar-refractivity contribution in [2.75, 3.05) is 80.5 Å². The molecular formula is C17H39N4+. The molecule has 1 heterocycles. The number of rotatable bonds is 1. The molecule has 1 atom stereocenters. The van der Waals surface area contributed by atoms with Crippen molar-refractivity contribution in [1.82, 2.24) is 14.7 Å². The Morgan fingerprint density at radius 2 is 1.14 bits per heavy atom. The molecule has 1 aliphatic heterocycles. The van der Waals surface area contributed by atoms with E-state index >= 15 is 0 Å². The third kappa shape index (κ3) is 7.09. The molecule has 0 aromatic rings. The van der Waals surface area contributed by atoms with Crippen LogP contribution in [-0.4, -0.2) is 106 Å². The van der Waals surface area contributed by atoms with Gasteiger partial charge in [0.15, 0.2) is 0 Å². The van der Waals surface area contributed by atoms with Crippen molar-refractivity contribution in [2.24, 2.45) is 0 Å². The van der Waals surface area contributed by atoms with Crippen LogP contribution in [0, 0.1) is 0 Å². The second-order valence-electron chi connectivity index (χ2n) is 7.64. The Balaban J connectivity index is 2.61. The summed E-state index contributed by atoms with van der Waals surface area (Å²) in [7, 11) is 9.25. The molecule has 21 heavy (non-hydrogen) atoms. The van der Waals surface area contributed by atoms with Crippen molar-refractivity contribution >= 4 is 0 Å². The van der Waals surface area contributed by atoms with Gasteiger partial charge in [0.25, 0.3) is 0 Å². The minimum atomic E-state index is 0.711. The summed E-state index contributed by atoms with van der Waals surface area (Å²) in [4.78, 5) is 7.49. The van der Waals surface area contributed by atoms with E-state index in [0.29, 0.717) is 6.04 Å². The van der Waals surface area contributed by atoms with E-state index in [2.05, 4.69) is 56.7 Å². The molecule has 0 spiro atoms. The Hall–Kier alpha value is -0.160. The first kappa shape index (κ1) is 18.9. The topological polar surface area (TPSA) is 9.72 Å². The van der Waals surface area contributed by atoms with Gasteiger partial charge in [-0.2, -0.15) is 0 Å². The van der Waals surface area contributed by atoms with Crippen molar-refractivity contribution in [3.63, 3.8) is 0 Å². The fraction of sp³-hybridized carbons (Fsp3) is 1.00. The zero-order valence-corrected chi connectivity index (χ0v) is 15.4. The number of likely N-dealkylation sites (N-methyl/N-ethyl adjacent to an activating group) is 4. The quantitative estimate of drug-likeness (QED) is 0.678. The molecule has 4 heteroatoms. The highest BCUT2D eigenvalue weighted by molar-refractivity contribution is 4.62. The molecule has 0 aliphatic carbocycles. The minimum absolute atomic E-state index is 0.711. The van der Waals surface area contributed by atoms with Crippen molar-refractivity contribution in [3.05, 3.63) is 0 Å². The lowest BCUT2D eigenvalue weighted by atomic mass is 10.2. The van der Waals surface area contributed by atoms with Gasteiger partial charge >= 0.3 is 0 Å². The standard InChI is InChI=1S/C17H39N4/c1-17(2)21(6)15-8-11-19(4)13-12-18(3)9-7-10-20(5)14-16-21/h17H,7-16H2,1-6H3/q+1/t21-/m0/s1. The lowest BCUT2D eigenvalue weighted by Gasteiger charge is -2.40. The zero-order valence-electron chi connectivity index (χ0n) is 15.4. The van der Waals surface area contributed by atoms with E-state index in [4.69, 9.17) is 0 Å². The van der Waals surface area contributed by atoms with Gasteiger partial charge in [-0.25, -0.2) is 0 Å². The van der Waals surface area contributed by atoms with Gasteiger partial charge in [0, 0.05) is 32.6 Å². The van der Waals surface area contributed by atoms with Gasteiger partial charge in [0.2, 0.25) is 0 Å². The Bertz CT molecular complexity index is 282. The third-order valence-corrected chi connectivity index (χ3v) is 5.39. The van der Waals surface area contributed by atoms with Gasteiger partial charge in [-0.3, -0.25) is 0 Å². The van der Waals surface area contributed by atoms with Crippen LogP contribution in [-0.2, 0) is 0 Å². The van der Waals surface area contributed by atoms with Gasteiger partial charge in [0.05, 0.1) is 26.2 Å². The first-order valence-corrected chi connectivity index (χ1v) is 8.73. The average Bonchev–Trinajstić information content (AvgIpc) is 2.42. The predicted octanol–water partition coefficient (Wildman–Crippen LogP) is 1.43. The van der Waals surface area contributed by atoms with E-state index in [0.717, 1.165) is 0 Å². The molecule has 1 fully saturated rings.